The molecule has 2 aromatic rings. The van der Waals surface area contributed by atoms with Gasteiger partial charge in [0.15, 0.2) is 0 Å². The fraction of sp³-hybridized carbons (Fsp3) is 0.381. The van der Waals surface area contributed by atoms with E-state index in [9.17, 15) is 4.79 Å². The van der Waals surface area contributed by atoms with E-state index in [0.717, 1.165) is 44.2 Å². The molecule has 1 saturated heterocycles. The molecule has 138 valence electrons. The Morgan fingerprint density at radius 2 is 1.85 bits per heavy atom. The zero-order valence-electron chi connectivity index (χ0n) is 15.4. The van der Waals surface area contributed by atoms with Crippen molar-refractivity contribution in [2.24, 2.45) is 0 Å². The molecule has 1 amide bonds. The zero-order chi connectivity index (χ0) is 18.4. The number of amides is 1. The summed E-state index contributed by atoms with van der Waals surface area (Å²) in [5, 5.41) is 3.04. The van der Waals surface area contributed by atoms with Crippen LogP contribution in [0.2, 0.25) is 0 Å². The van der Waals surface area contributed by atoms with Gasteiger partial charge in [0.2, 0.25) is 0 Å². The van der Waals surface area contributed by atoms with Crippen molar-refractivity contribution in [3.63, 3.8) is 0 Å². The first-order chi connectivity index (χ1) is 12.7. The van der Waals surface area contributed by atoms with Crippen molar-refractivity contribution in [3.8, 4) is 5.75 Å². The molecule has 0 spiro atoms. The minimum absolute atomic E-state index is 0.0821. The molecule has 1 fully saturated rings. The van der Waals surface area contributed by atoms with Crippen LogP contribution in [0.25, 0.3) is 0 Å². The first kappa shape index (κ1) is 18.4. The van der Waals surface area contributed by atoms with E-state index in [1.54, 1.807) is 7.11 Å². The number of hydrogen-bond donors (Lipinski definition) is 1. The van der Waals surface area contributed by atoms with Gasteiger partial charge < -0.3 is 14.8 Å². The van der Waals surface area contributed by atoms with Crippen LogP contribution in [0.15, 0.2) is 48.5 Å². The van der Waals surface area contributed by atoms with Gasteiger partial charge in [0, 0.05) is 30.8 Å². The van der Waals surface area contributed by atoms with Crippen LogP contribution in [0.4, 0.5) is 0 Å². The fourth-order valence-corrected chi connectivity index (χ4v) is 3.16. The Morgan fingerprint density at radius 3 is 2.54 bits per heavy atom. The minimum atomic E-state index is -0.133. The summed E-state index contributed by atoms with van der Waals surface area (Å²) in [6, 6.07) is 15.4. The molecule has 0 bridgehead atoms. The first-order valence-electron chi connectivity index (χ1n) is 9.00. The molecule has 0 radical (unpaired) electrons. The van der Waals surface area contributed by atoms with Gasteiger partial charge >= 0.3 is 0 Å². The Labute approximate surface area is 154 Å². The minimum Gasteiger partial charge on any atom is -0.496 e. The van der Waals surface area contributed by atoms with Crippen molar-refractivity contribution in [1.82, 2.24) is 10.2 Å². The molecule has 0 aliphatic carbocycles. The molecule has 26 heavy (non-hydrogen) atoms. The highest BCUT2D eigenvalue weighted by Gasteiger charge is 2.15. The largest absolute Gasteiger partial charge is 0.496 e. The Bertz CT molecular complexity index is 724. The van der Waals surface area contributed by atoms with Crippen molar-refractivity contribution in [2.75, 3.05) is 33.4 Å². The van der Waals surface area contributed by atoms with E-state index in [4.69, 9.17) is 9.47 Å². The lowest BCUT2D eigenvalue weighted by Gasteiger charge is -2.26. The summed E-state index contributed by atoms with van der Waals surface area (Å²) in [5.74, 6) is 0.697. The number of para-hydroxylation sites is 1. The van der Waals surface area contributed by atoms with Crippen molar-refractivity contribution < 1.29 is 14.3 Å². The van der Waals surface area contributed by atoms with Crippen LogP contribution in [-0.2, 0) is 11.3 Å². The van der Waals surface area contributed by atoms with E-state index in [0.29, 0.717) is 5.56 Å². The average molecular weight is 354 g/mol. The summed E-state index contributed by atoms with van der Waals surface area (Å²) in [4.78, 5) is 14.9. The van der Waals surface area contributed by atoms with Crippen LogP contribution >= 0.6 is 0 Å². The zero-order valence-corrected chi connectivity index (χ0v) is 15.4. The van der Waals surface area contributed by atoms with Crippen LogP contribution in [0.1, 0.15) is 34.5 Å². The second-order valence-electron chi connectivity index (χ2n) is 6.52. The Kier molecular flexibility index (Phi) is 6.26. The average Bonchev–Trinajstić information content (AvgIpc) is 2.69. The number of morpholine rings is 1. The van der Waals surface area contributed by atoms with Crippen molar-refractivity contribution in [2.45, 2.75) is 19.5 Å². The summed E-state index contributed by atoms with van der Waals surface area (Å²) in [6.45, 7) is 6.35. The number of methoxy groups -OCH3 is 1. The lowest BCUT2D eigenvalue weighted by molar-refractivity contribution is 0.0342. The second-order valence-corrected chi connectivity index (χ2v) is 6.52. The molecular formula is C21H26N2O3. The van der Waals surface area contributed by atoms with Crippen molar-refractivity contribution >= 4 is 5.91 Å². The van der Waals surface area contributed by atoms with Crippen LogP contribution < -0.4 is 10.1 Å². The predicted molar refractivity (Wildman–Crippen MR) is 101 cm³/mol. The molecule has 5 heteroatoms. The fourth-order valence-electron chi connectivity index (χ4n) is 3.16. The maximum atomic E-state index is 12.6. The van der Waals surface area contributed by atoms with E-state index in [2.05, 4.69) is 10.2 Å². The van der Waals surface area contributed by atoms with Crippen molar-refractivity contribution in [1.29, 1.82) is 0 Å². The summed E-state index contributed by atoms with van der Waals surface area (Å²) >= 11 is 0. The topological polar surface area (TPSA) is 50.8 Å². The molecule has 3 rings (SSSR count). The molecule has 0 aromatic heterocycles. The van der Waals surface area contributed by atoms with E-state index in [-0.39, 0.29) is 11.9 Å². The SMILES string of the molecule is COc1ccccc1[C@H](C)NC(=O)c1ccc(CN2CCOCC2)cc1. The van der Waals surface area contributed by atoms with E-state index in [1.807, 2.05) is 55.5 Å². The highest BCUT2D eigenvalue weighted by atomic mass is 16.5. The lowest BCUT2D eigenvalue weighted by Crippen LogP contribution is -2.35. The number of ether oxygens (including phenoxy) is 2. The molecule has 0 saturated carbocycles. The molecule has 1 heterocycles. The number of hydrogen-bond acceptors (Lipinski definition) is 4. The van der Waals surface area contributed by atoms with Gasteiger partial charge in [0.25, 0.3) is 5.91 Å². The van der Waals surface area contributed by atoms with Crippen LogP contribution in [0.5, 0.6) is 5.75 Å². The quantitative estimate of drug-likeness (QED) is 0.866. The van der Waals surface area contributed by atoms with Gasteiger partial charge in [-0.15, -0.1) is 0 Å². The Morgan fingerprint density at radius 1 is 1.15 bits per heavy atom. The molecule has 1 N–H and O–H groups in total. The molecular weight excluding hydrogens is 328 g/mol. The number of carbonyl (C=O) groups excluding carboxylic acids is 1. The number of nitrogens with one attached hydrogen (secondary N) is 1. The van der Waals surface area contributed by atoms with E-state index >= 15 is 0 Å². The first-order valence-corrected chi connectivity index (χ1v) is 9.00. The maximum Gasteiger partial charge on any atom is 0.251 e. The summed E-state index contributed by atoms with van der Waals surface area (Å²) in [7, 11) is 1.64. The molecule has 1 aliphatic heterocycles. The van der Waals surface area contributed by atoms with Crippen LogP contribution in [0, 0.1) is 0 Å². The van der Waals surface area contributed by atoms with Gasteiger partial charge in [-0.25, -0.2) is 0 Å². The Balaban J connectivity index is 1.60. The third-order valence-corrected chi connectivity index (χ3v) is 4.68. The van der Waals surface area contributed by atoms with Gasteiger partial charge in [-0.1, -0.05) is 30.3 Å². The molecule has 1 aliphatic rings. The third-order valence-electron chi connectivity index (χ3n) is 4.68. The third kappa shape index (κ3) is 4.62. The van der Waals surface area contributed by atoms with Gasteiger partial charge in [0.1, 0.15) is 5.75 Å². The molecule has 2 aromatic carbocycles. The van der Waals surface area contributed by atoms with E-state index in [1.165, 1.54) is 5.56 Å². The van der Waals surface area contributed by atoms with Gasteiger partial charge in [-0.05, 0) is 30.7 Å². The smallest absolute Gasteiger partial charge is 0.251 e. The molecule has 5 nitrogen and oxygen atoms in total. The summed E-state index contributed by atoms with van der Waals surface area (Å²) in [5.41, 5.74) is 2.84. The maximum absolute atomic E-state index is 12.6. The highest BCUT2D eigenvalue weighted by Crippen LogP contribution is 2.24. The monoisotopic (exact) mass is 354 g/mol. The van der Waals surface area contributed by atoms with Gasteiger partial charge in [-0.2, -0.15) is 0 Å². The number of nitrogens with zero attached hydrogens (tertiary/aromatic N) is 1. The summed E-state index contributed by atoms with van der Waals surface area (Å²) in [6.07, 6.45) is 0. The standard InChI is InChI=1S/C21H26N2O3/c1-16(19-5-3-4-6-20(19)25-2)22-21(24)18-9-7-17(8-10-18)15-23-11-13-26-14-12-23/h3-10,16H,11-15H2,1-2H3,(H,22,24)/t16-/m0/s1. The van der Waals surface area contributed by atoms with Crippen LogP contribution in [-0.4, -0.2) is 44.2 Å². The van der Waals surface area contributed by atoms with Gasteiger partial charge in [0.05, 0.1) is 26.4 Å². The predicted octanol–water partition coefficient (Wildman–Crippen LogP) is 3.02. The van der Waals surface area contributed by atoms with Gasteiger partial charge in [-0.3, -0.25) is 9.69 Å². The normalized spacial score (nSPS) is 16.1. The highest BCUT2D eigenvalue weighted by molar-refractivity contribution is 5.94. The van der Waals surface area contributed by atoms with Crippen LogP contribution in [0.3, 0.4) is 0 Å². The number of carbonyl (C=O) groups is 1. The second kappa shape index (κ2) is 8.83. The Hall–Kier alpha value is -2.37. The lowest BCUT2D eigenvalue weighted by atomic mass is 10.1. The summed E-state index contributed by atoms with van der Waals surface area (Å²) < 4.78 is 10.8. The number of rotatable bonds is 6. The van der Waals surface area contributed by atoms with Crippen molar-refractivity contribution in [3.05, 3.63) is 65.2 Å². The van der Waals surface area contributed by atoms with E-state index < -0.39 is 0 Å². The number of benzene rings is 2. The molecule has 1 atom stereocenters. The molecule has 0 unspecified atom stereocenters.